The summed E-state index contributed by atoms with van der Waals surface area (Å²) in [4.78, 5) is 12.7. The summed E-state index contributed by atoms with van der Waals surface area (Å²) < 4.78 is 41.8. The van der Waals surface area contributed by atoms with Gasteiger partial charge in [0.25, 0.3) is 10.2 Å². The predicted molar refractivity (Wildman–Crippen MR) is 102 cm³/mol. The van der Waals surface area contributed by atoms with Crippen LogP contribution in [0.1, 0.15) is 23.6 Å². The molecule has 0 spiro atoms. The predicted octanol–water partition coefficient (Wildman–Crippen LogP) is 3.01. The Kier molecular flexibility index (Phi) is 5.53. The van der Waals surface area contributed by atoms with Crippen LogP contribution in [0.4, 0.5) is 10.1 Å². The van der Waals surface area contributed by atoms with E-state index in [4.69, 9.17) is 11.6 Å². The number of rotatable bonds is 3. The number of likely N-dealkylation sites (N-methyl/N-ethyl adjacent to an activating group) is 1. The highest BCUT2D eigenvalue weighted by Gasteiger charge is 2.40. The topological polar surface area (TPSA) is 78.5 Å². The van der Waals surface area contributed by atoms with Gasteiger partial charge >= 0.3 is 0 Å². The zero-order valence-corrected chi connectivity index (χ0v) is 16.3. The van der Waals surface area contributed by atoms with E-state index < -0.39 is 34.0 Å². The summed E-state index contributed by atoms with van der Waals surface area (Å²) in [6.45, 7) is 1.94. The van der Waals surface area contributed by atoms with Crippen LogP contribution in [-0.4, -0.2) is 31.7 Å². The molecule has 2 aromatic rings. The number of hydrogen-bond donors (Lipinski definition) is 2. The van der Waals surface area contributed by atoms with Crippen molar-refractivity contribution in [3.8, 4) is 0 Å². The molecule has 1 heterocycles. The molecule has 0 aromatic heterocycles. The summed E-state index contributed by atoms with van der Waals surface area (Å²) in [5, 5.41) is 2.48. The highest BCUT2D eigenvalue weighted by atomic mass is 35.5. The number of nitrogens with one attached hydrogen (secondary N) is 2. The van der Waals surface area contributed by atoms with Gasteiger partial charge in [-0.25, -0.2) is 4.39 Å². The SMILES string of the molecule is Cc1ccc(C2CC(C(=O)Nc3ccc(F)c(Cl)c3)N(C)S(=O)(=O)N2)cc1. The highest BCUT2D eigenvalue weighted by molar-refractivity contribution is 7.87. The maximum Gasteiger partial charge on any atom is 0.280 e. The van der Waals surface area contributed by atoms with Crippen molar-refractivity contribution in [1.82, 2.24) is 9.03 Å². The van der Waals surface area contributed by atoms with Crippen LogP contribution in [-0.2, 0) is 15.0 Å². The maximum absolute atomic E-state index is 13.3. The summed E-state index contributed by atoms with van der Waals surface area (Å²) >= 11 is 5.73. The molecule has 1 fully saturated rings. The van der Waals surface area contributed by atoms with Crippen LogP contribution >= 0.6 is 11.6 Å². The van der Waals surface area contributed by atoms with Gasteiger partial charge in [0.1, 0.15) is 11.9 Å². The molecule has 3 rings (SSSR count). The monoisotopic (exact) mass is 411 g/mol. The summed E-state index contributed by atoms with van der Waals surface area (Å²) in [6, 6.07) is 9.77. The molecule has 2 N–H and O–H groups in total. The van der Waals surface area contributed by atoms with Crippen molar-refractivity contribution in [1.29, 1.82) is 0 Å². The molecule has 2 unspecified atom stereocenters. The summed E-state index contributed by atoms with van der Waals surface area (Å²) in [6.07, 6.45) is 0.250. The third kappa shape index (κ3) is 4.30. The van der Waals surface area contributed by atoms with E-state index in [0.29, 0.717) is 5.69 Å². The minimum absolute atomic E-state index is 0.128. The molecule has 0 bridgehead atoms. The normalized spacial score (nSPS) is 22.4. The van der Waals surface area contributed by atoms with E-state index in [1.807, 2.05) is 31.2 Å². The number of hydrogen-bond acceptors (Lipinski definition) is 3. The molecule has 1 aliphatic heterocycles. The third-order valence-corrected chi connectivity index (χ3v) is 6.42. The first-order valence-corrected chi connectivity index (χ1v) is 10.1. The van der Waals surface area contributed by atoms with Gasteiger partial charge in [-0.1, -0.05) is 41.4 Å². The molecule has 2 aromatic carbocycles. The van der Waals surface area contributed by atoms with Crippen molar-refractivity contribution in [2.45, 2.75) is 25.4 Å². The van der Waals surface area contributed by atoms with Crippen LogP contribution in [0, 0.1) is 12.7 Å². The van der Waals surface area contributed by atoms with Crippen LogP contribution in [0.5, 0.6) is 0 Å². The molecule has 9 heteroatoms. The van der Waals surface area contributed by atoms with Crippen molar-refractivity contribution in [2.24, 2.45) is 0 Å². The van der Waals surface area contributed by atoms with Gasteiger partial charge in [0, 0.05) is 18.8 Å². The molecule has 2 atom stereocenters. The quantitative estimate of drug-likeness (QED) is 0.814. The van der Waals surface area contributed by atoms with Gasteiger partial charge in [0.15, 0.2) is 0 Å². The van der Waals surface area contributed by atoms with Gasteiger partial charge in [0.2, 0.25) is 5.91 Å². The Labute approximate surface area is 162 Å². The van der Waals surface area contributed by atoms with Gasteiger partial charge in [0.05, 0.1) is 5.02 Å². The van der Waals surface area contributed by atoms with E-state index in [1.54, 1.807) is 0 Å². The van der Waals surface area contributed by atoms with Gasteiger partial charge in [-0.05, 0) is 37.1 Å². The number of benzene rings is 2. The zero-order valence-electron chi connectivity index (χ0n) is 14.7. The Bertz CT molecular complexity index is 966. The van der Waals surface area contributed by atoms with E-state index in [0.717, 1.165) is 21.5 Å². The molecule has 0 saturated carbocycles. The summed E-state index contributed by atoms with van der Waals surface area (Å²) in [5.41, 5.74) is 2.12. The first-order chi connectivity index (χ1) is 12.7. The molecular weight excluding hydrogens is 393 g/mol. The molecule has 27 heavy (non-hydrogen) atoms. The second kappa shape index (κ2) is 7.55. The largest absolute Gasteiger partial charge is 0.325 e. The Morgan fingerprint density at radius 2 is 1.93 bits per heavy atom. The van der Waals surface area contributed by atoms with Crippen LogP contribution in [0.25, 0.3) is 0 Å². The Balaban J connectivity index is 1.84. The lowest BCUT2D eigenvalue weighted by molar-refractivity contribution is -0.120. The summed E-state index contributed by atoms with van der Waals surface area (Å²) in [7, 11) is -2.49. The fourth-order valence-corrected chi connectivity index (χ4v) is 4.38. The lowest BCUT2D eigenvalue weighted by Crippen LogP contribution is -2.55. The zero-order chi connectivity index (χ0) is 19.8. The lowest BCUT2D eigenvalue weighted by atomic mass is 9.98. The Morgan fingerprint density at radius 1 is 1.26 bits per heavy atom. The second-order valence-electron chi connectivity index (χ2n) is 6.47. The van der Waals surface area contributed by atoms with Crippen molar-refractivity contribution in [2.75, 3.05) is 12.4 Å². The van der Waals surface area contributed by atoms with Gasteiger partial charge in [-0.2, -0.15) is 17.4 Å². The van der Waals surface area contributed by atoms with Crippen LogP contribution < -0.4 is 10.0 Å². The molecule has 1 saturated heterocycles. The van der Waals surface area contributed by atoms with E-state index in [1.165, 1.54) is 19.2 Å². The first-order valence-electron chi connectivity index (χ1n) is 8.25. The minimum Gasteiger partial charge on any atom is -0.325 e. The number of halogens is 2. The van der Waals surface area contributed by atoms with Gasteiger partial charge in [-0.15, -0.1) is 0 Å². The molecular formula is C18H19ClFN3O3S. The van der Waals surface area contributed by atoms with E-state index in [9.17, 15) is 17.6 Å². The molecule has 144 valence electrons. The van der Waals surface area contributed by atoms with E-state index in [2.05, 4.69) is 10.0 Å². The van der Waals surface area contributed by atoms with Crippen molar-refractivity contribution < 1.29 is 17.6 Å². The molecule has 0 aliphatic carbocycles. The molecule has 1 aliphatic rings. The van der Waals surface area contributed by atoms with Gasteiger partial charge < -0.3 is 5.32 Å². The Hall–Kier alpha value is -2.00. The number of aryl methyl sites for hydroxylation is 1. The van der Waals surface area contributed by atoms with Crippen molar-refractivity contribution in [3.05, 3.63) is 64.4 Å². The minimum atomic E-state index is -3.83. The van der Waals surface area contributed by atoms with Crippen molar-refractivity contribution >= 4 is 33.4 Å². The Morgan fingerprint density at radius 3 is 2.56 bits per heavy atom. The third-order valence-electron chi connectivity index (χ3n) is 4.54. The molecule has 0 radical (unpaired) electrons. The number of carbonyl (C=O) groups is 1. The van der Waals surface area contributed by atoms with Crippen LogP contribution in [0.3, 0.4) is 0 Å². The van der Waals surface area contributed by atoms with Gasteiger partial charge in [-0.3, -0.25) is 4.79 Å². The fraction of sp³-hybridized carbons (Fsp3) is 0.278. The van der Waals surface area contributed by atoms with Crippen molar-refractivity contribution in [3.63, 3.8) is 0 Å². The van der Waals surface area contributed by atoms with Crippen LogP contribution in [0.2, 0.25) is 5.02 Å². The molecule has 1 amide bonds. The smallest absolute Gasteiger partial charge is 0.280 e. The maximum atomic E-state index is 13.3. The molecule has 6 nitrogen and oxygen atoms in total. The fourth-order valence-electron chi connectivity index (χ4n) is 2.92. The first kappa shape index (κ1) is 19.8. The standard InChI is InChI=1S/C18H19ClFN3O3S/c1-11-3-5-12(6-4-11)16-10-17(23(2)27(25,26)22-16)18(24)21-13-7-8-15(20)14(19)9-13/h3-9,16-17,22H,10H2,1-2H3,(H,21,24). The summed E-state index contributed by atoms with van der Waals surface area (Å²) in [5.74, 6) is -1.11. The van der Waals surface area contributed by atoms with E-state index in [-0.39, 0.29) is 11.4 Å². The number of nitrogens with zero attached hydrogens (tertiary/aromatic N) is 1. The number of anilines is 1. The number of carbonyl (C=O) groups excluding carboxylic acids is 1. The average molecular weight is 412 g/mol. The number of amides is 1. The lowest BCUT2D eigenvalue weighted by Gasteiger charge is -2.36. The average Bonchev–Trinajstić information content (AvgIpc) is 2.61. The second-order valence-corrected chi connectivity index (χ2v) is 8.64. The van der Waals surface area contributed by atoms with Crippen LogP contribution in [0.15, 0.2) is 42.5 Å². The highest BCUT2D eigenvalue weighted by Crippen LogP contribution is 2.29. The van der Waals surface area contributed by atoms with E-state index >= 15 is 0 Å².